The van der Waals surface area contributed by atoms with Gasteiger partial charge < -0.3 is 10.4 Å². The molecule has 0 saturated heterocycles. The van der Waals surface area contributed by atoms with E-state index in [4.69, 9.17) is 11.6 Å². The van der Waals surface area contributed by atoms with Crippen LogP contribution in [0.1, 0.15) is 42.7 Å². The average Bonchev–Trinajstić information content (AvgIpc) is 2.63. The Morgan fingerprint density at radius 3 is 2.78 bits per heavy atom. The van der Waals surface area contributed by atoms with Crippen LogP contribution in [-0.2, 0) is 13.5 Å². The van der Waals surface area contributed by atoms with Crippen LogP contribution >= 0.6 is 11.6 Å². The van der Waals surface area contributed by atoms with Crippen LogP contribution < -0.4 is 5.32 Å². The van der Waals surface area contributed by atoms with Gasteiger partial charge in [0.1, 0.15) is 5.15 Å². The smallest absolute Gasteiger partial charge is 0.256 e. The van der Waals surface area contributed by atoms with Crippen LogP contribution in [0.25, 0.3) is 0 Å². The molecule has 1 aromatic rings. The molecule has 0 radical (unpaired) electrons. The van der Waals surface area contributed by atoms with Crippen LogP contribution in [0.2, 0.25) is 5.15 Å². The highest BCUT2D eigenvalue weighted by atomic mass is 35.5. The van der Waals surface area contributed by atoms with Gasteiger partial charge in [-0.1, -0.05) is 31.9 Å². The summed E-state index contributed by atoms with van der Waals surface area (Å²) in [4.78, 5) is 12.0. The van der Waals surface area contributed by atoms with Gasteiger partial charge in [-0.3, -0.25) is 9.48 Å². The number of aryl methyl sites for hydroxylation is 2. The zero-order valence-electron chi connectivity index (χ0n) is 11.0. The van der Waals surface area contributed by atoms with Gasteiger partial charge >= 0.3 is 0 Å². The normalized spacial score (nSPS) is 12.5. The van der Waals surface area contributed by atoms with Crippen molar-refractivity contribution in [3.8, 4) is 0 Å². The number of hydrogen-bond donors (Lipinski definition) is 2. The third kappa shape index (κ3) is 3.46. The topological polar surface area (TPSA) is 67.2 Å². The van der Waals surface area contributed by atoms with E-state index in [1.54, 1.807) is 7.05 Å². The molecule has 1 rings (SSSR count). The maximum Gasteiger partial charge on any atom is 0.256 e. The second-order valence-corrected chi connectivity index (χ2v) is 4.60. The van der Waals surface area contributed by atoms with E-state index in [0.29, 0.717) is 29.3 Å². The van der Waals surface area contributed by atoms with Gasteiger partial charge in [0, 0.05) is 13.6 Å². The molecular formula is C12H20ClN3O2. The van der Waals surface area contributed by atoms with Gasteiger partial charge in [0.15, 0.2) is 0 Å². The van der Waals surface area contributed by atoms with E-state index in [9.17, 15) is 9.90 Å². The summed E-state index contributed by atoms with van der Waals surface area (Å²) in [6, 6.07) is 0. The van der Waals surface area contributed by atoms with Gasteiger partial charge in [0.05, 0.1) is 17.4 Å². The van der Waals surface area contributed by atoms with Crippen molar-refractivity contribution in [1.29, 1.82) is 0 Å². The molecule has 0 aliphatic carbocycles. The Hall–Kier alpha value is -1.07. The van der Waals surface area contributed by atoms with E-state index in [-0.39, 0.29) is 12.5 Å². The van der Waals surface area contributed by atoms with Crippen LogP contribution in [0.15, 0.2) is 0 Å². The first-order valence-electron chi connectivity index (χ1n) is 6.18. The predicted octanol–water partition coefficient (Wildman–Crippen LogP) is 1.53. The predicted molar refractivity (Wildman–Crippen MR) is 70.8 cm³/mol. The van der Waals surface area contributed by atoms with Crippen LogP contribution in [0.3, 0.4) is 0 Å². The summed E-state index contributed by atoms with van der Waals surface area (Å²) < 4.78 is 1.48. The molecule has 5 nitrogen and oxygen atoms in total. The first kappa shape index (κ1) is 15.0. The number of hydrogen-bond acceptors (Lipinski definition) is 3. The molecule has 0 fully saturated rings. The number of aromatic nitrogens is 2. The second-order valence-electron chi connectivity index (χ2n) is 4.24. The van der Waals surface area contributed by atoms with Crippen molar-refractivity contribution < 1.29 is 9.90 Å². The fourth-order valence-corrected chi connectivity index (χ4v) is 1.99. The van der Waals surface area contributed by atoms with Crippen molar-refractivity contribution in [3.63, 3.8) is 0 Å². The molecule has 0 saturated carbocycles. The third-order valence-corrected chi connectivity index (χ3v) is 3.17. The van der Waals surface area contributed by atoms with Gasteiger partial charge in [-0.25, -0.2) is 0 Å². The summed E-state index contributed by atoms with van der Waals surface area (Å²) in [7, 11) is 1.70. The molecule has 1 amide bonds. The van der Waals surface area contributed by atoms with Crippen molar-refractivity contribution in [3.05, 3.63) is 16.4 Å². The van der Waals surface area contributed by atoms with Crippen LogP contribution in [0.5, 0.6) is 0 Å². The Kier molecular flexibility index (Phi) is 5.62. The van der Waals surface area contributed by atoms with Gasteiger partial charge in [-0.2, -0.15) is 5.10 Å². The molecule has 1 atom stereocenters. The lowest BCUT2D eigenvalue weighted by Crippen LogP contribution is -2.32. The Balaban J connectivity index is 2.72. The Morgan fingerprint density at radius 2 is 2.22 bits per heavy atom. The summed E-state index contributed by atoms with van der Waals surface area (Å²) in [5, 5.41) is 16.8. The van der Waals surface area contributed by atoms with E-state index in [1.807, 2.05) is 13.8 Å². The number of halogens is 1. The number of nitrogens with zero attached hydrogens (tertiary/aromatic N) is 2. The standard InChI is InChI=1S/C12H20ClN3O2/c1-4-6-8(17)7-14-12(18)10-9(5-2)15-16(3)11(10)13/h8,17H,4-7H2,1-3H3,(H,14,18). The SMILES string of the molecule is CCCC(O)CNC(=O)c1c(CC)nn(C)c1Cl. The quantitative estimate of drug-likeness (QED) is 0.826. The van der Waals surface area contributed by atoms with E-state index < -0.39 is 6.10 Å². The summed E-state index contributed by atoms with van der Waals surface area (Å²) >= 11 is 6.04. The van der Waals surface area contributed by atoms with Crippen molar-refractivity contribution in [1.82, 2.24) is 15.1 Å². The first-order chi connectivity index (χ1) is 8.51. The summed E-state index contributed by atoms with van der Waals surface area (Å²) in [6.07, 6.45) is 1.67. The van der Waals surface area contributed by atoms with E-state index >= 15 is 0 Å². The molecule has 18 heavy (non-hydrogen) atoms. The lowest BCUT2D eigenvalue weighted by Gasteiger charge is -2.10. The monoisotopic (exact) mass is 273 g/mol. The van der Waals surface area contributed by atoms with Crippen LogP contribution in [0.4, 0.5) is 0 Å². The average molecular weight is 274 g/mol. The second kappa shape index (κ2) is 6.75. The fraction of sp³-hybridized carbons (Fsp3) is 0.667. The van der Waals surface area contributed by atoms with E-state index in [0.717, 1.165) is 6.42 Å². The van der Waals surface area contributed by atoms with Gasteiger partial charge in [0.2, 0.25) is 0 Å². The van der Waals surface area contributed by atoms with Crippen molar-refractivity contribution in [2.45, 2.75) is 39.2 Å². The number of amides is 1. The molecule has 0 spiro atoms. The Morgan fingerprint density at radius 1 is 1.56 bits per heavy atom. The van der Waals surface area contributed by atoms with Gasteiger partial charge in [0.25, 0.3) is 5.91 Å². The molecule has 1 aromatic heterocycles. The molecule has 0 aliphatic rings. The number of aliphatic hydroxyl groups excluding tert-OH is 1. The largest absolute Gasteiger partial charge is 0.391 e. The van der Waals surface area contributed by atoms with Crippen molar-refractivity contribution >= 4 is 17.5 Å². The molecule has 0 aromatic carbocycles. The fourth-order valence-electron chi connectivity index (χ4n) is 1.76. The Bertz CT molecular complexity index is 418. The summed E-state index contributed by atoms with van der Waals surface area (Å²) in [5.41, 5.74) is 1.08. The summed E-state index contributed by atoms with van der Waals surface area (Å²) in [6.45, 7) is 4.14. The highest BCUT2D eigenvalue weighted by Crippen LogP contribution is 2.19. The first-order valence-corrected chi connectivity index (χ1v) is 6.56. The van der Waals surface area contributed by atoms with Gasteiger partial charge in [-0.15, -0.1) is 0 Å². The number of carbonyl (C=O) groups excluding carboxylic acids is 1. The highest BCUT2D eigenvalue weighted by Gasteiger charge is 2.20. The molecule has 0 aliphatic heterocycles. The number of rotatable bonds is 6. The minimum Gasteiger partial charge on any atom is -0.391 e. The maximum absolute atomic E-state index is 12.0. The summed E-state index contributed by atoms with van der Waals surface area (Å²) in [5.74, 6) is -0.278. The maximum atomic E-state index is 12.0. The molecule has 1 heterocycles. The van der Waals surface area contributed by atoms with E-state index in [2.05, 4.69) is 10.4 Å². The number of nitrogens with one attached hydrogen (secondary N) is 1. The molecule has 6 heteroatoms. The zero-order valence-corrected chi connectivity index (χ0v) is 11.8. The molecule has 0 bridgehead atoms. The van der Waals surface area contributed by atoms with Crippen LogP contribution in [-0.4, -0.2) is 33.4 Å². The molecule has 1 unspecified atom stereocenters. The number of carbonyl (C=O) groups is 1. The zero-order chi connectivity index (χ0) is 13.7. The van der Waals surface area contributed by atoms with E-state index in [1.165, 1.54) is 4.68 Å². The highest BCUT2D eigenvalue weighted by molar-refractivity contribution is 6.33. The minimum absolute atomic E-state index is 0.237. The molecule has 102 valence electrons. The minimum atomic E-state index is -0.514. The van der Waals surface area contributed by atoms with Crippen LogP contribution in [0, 0.1) is 0 Å². The number of aliphatic hydroxyl groups is 1. The van der Waals surface area contributed by atoms with Crippen molar-refractivity contribution in [2.75, 3.05) is 6.54 Å². The lowest BCUT2D eigenvalue weighted by atomic mass is 10.2. The van der Waals surface area contributed by atoms with Crippen molar-refractivity contribution in [2.24, 2.45) is 7.05 Å². The van der Waals surface area contributed by atoms with Gasteiger partial charge in [-0.05, 0) is 12.8 Å². The Labute approximate surface area is 112 Å². The third-order valence-electron chi connectivity index (χ3n) is 2.73. The molecule has 2 N–H and O–H groups in total. The lowest BCUT2D eigenvalue weighted by molar-refractivity contribution is 0.0909. The molecular weight excluding hydrogens is 254 g/mol.